The van der Waals surface area contributed by atoms with Crippen LogP contribution in [0.3, 0.4) is 0 Å². The molecule has 0 atom stereocenters. The van der Waals surface area contributed by atoms with Crippen molar-refractivity contribution >= 4 is 17.0 Å². The second-order valence-corrected chi connectivity index (χ2v) is 4.61. The van der Waals surface area contributed by atoms with Crippen molar-refractivity contribution in [3.63, 3.8) is 0 Å². The molecule has 0 spiro atoms. The number of aryl methyl sites for hydroxylation is 1. The first-order valence-electron chi connectivity index (χ1n) is 6.77. The molecule has 0 radical (unpaired) electrons. The molecule has 4 nitrogen and oxygen atoms in total. The summed E-state index contributed by atoms with van der Waals surface area (Å²) in [5, 5.41) is 3.33. The molecule has 0 unspecified atom stereocenters. The normalized spacial score (nSPS) is 10.6. The zero-order valence-corrected chi connectivity index (χ0v) is 11.2. The monoisotopic (exact) mass is 264 g/mol. The van der Waals surface area contributed by atoms with Crippen LogP contribution in [0.25, 0.3) is 11.2 Å². The van der Waals surface area contributed by atoms with Crippen molar-refractivity contribution < 1.29 is 0 Å². The van der Waals surface area contributed by atoms with Crippen LogP contribution < -0.4 is 5.32 Å². The smallest absolute Gasteiger partial charge is 0.180 e. The quantitative estimate of drug-likeness (QED) is 0.719. The number of pyridine rings is 1. The number of fused-ring (bicyclic) bond motifs is 1. The summed E-state index contributed by atoms with van der Waals surface area (Å²) in [5.74, 6) is 0.853. The van der Waals surface area contributed by atoms with E-state index in [2.05, 4.69) is 44.5 Å². The molecule has 0 aliphatic rings. The third kappa shape index (κ3) is 3.09. The van der Waals surface area contributed by atoms with Gasteiger partial charge in [0.15, 0.2) is 5.65 Å². The van der Waals surface area contributed by atoms with Crippen molar-refractivity contribution in [3.8, 4) is 0 Å². The highest BCUT2D eigenvalue weighted by Gasteiger charge is 1.99. The fourth-order valence-electron chi connectivity index (χ4n) is 2.11. The highest BCUT2D eigenvalue weighted by molar-refractivity contribution is 5.71. The Balaban J connectivity index is 1.55. The molecule has 3 aromatic rings. The average Bonchev–Trinajstić information content (AvgIpc) is 2.52. The van der Waals surface area contributed by atoms with Gasteiger partial charge in [-0.3, -0.25) is 4.98 Å². The van der Waals surface area contributed by atoms with E-state index < -0.39 is 0 Å². The Morgan fingerprint density at radius 3 is 2.65 bits per heavy atom. The standard InChI is InChI=1S/C16H16N4/c1-2-5-13(6-3-1)7-4-10-18-15-9-8-14-16(20-15)19-12-11-17-14/h1-3,5-6,8-9,11-12H,4,7,10H2,(H,18,19,20). The molecule has 1 aromatic carbocycles. The highest BCUT2D eigenvalue weighted by atomic mass is 15.0. The second-order valence-electron chi connectivity index (χ2n) is 4.61. The minimum Gasteiger partial charge on any atom is -0.370 e. The molecule has 2 aromatic heterocycles. The number of rotatable bonds is 5. The Morgan fingerprint density at radius 1 is 0.900 bits per heavy atom. The van der Waals surface area contributed by atoms with Gasteiger partial charge >= 0.3 is 0 Å². The minimum absolute atomic E-state index is 0.681. The fourth-order valence-corrected chi connectivity index (χ4v) is 2.11. The first kappa shape index (κ1) is 12.5. The molecular formula is C16H16N4. The van der Waals surface area contributed by atoms with Gasteiger partial charge in [-0.2, -0.15) is 0 Å². The molecule has 0 fully saturated rings. The second kappa shape index (κ2) is 6.10. The summed E-state index contributed by atoms with van der Waals surface area (Å²) in [5.41, 5.74) is 2.87. The van der Waals surface area contributed by atoms with E-state index >= 15 is 0 Å². The Hall–Kier alpha value is -2.49. The topological polar surface area (TPSA) is 50.7 Å². The predicted molar refractivity (Wildman–Crippen MR) is 80.6 cm³/mol. The lowest BCUT2D eigenvalue weighted by Crippen LogP contribution is -2.05. The number of anilines is 1. The van der Waals surface area contributed by atoms with Crippen LogP contribution in [0, 0.1) is 0 Å². The Labute approximate surface area is 117 Å². The van der Waals surface area contributed by atoms with Crippen molar-refractivity contribution in [2.24, 2.45) is 0 Å². The van der Waals surface area contributed by atoms with Crippen LogP contribution in [-0.4, -0.2) is 21.5 Å². The van der Waals surface area contributed by atoms with Crippen LogP contribution in [-0.2, 0) is 6.42 Å². The van der Waals surface area contributed by atoms with Gasteiger partial charge in [-0.25, -0.2) is 9.97 Å². The van der Waals surface area contributed by atoms with Crippen molar-refractivity contribution in [1.82, 2.24) is 15.0 Å². The summed E-state index contributed by atoms with van der Waals surface area (Å²) in [4.78, 5) is 12.8. The van der Waals surface area contributed by atoms with E-state index in [9.17, 15) is 0 Å². The molecule has 0 saturated carbocycles. The third-order valence-corrected chi connectivity index (χ3v) is 3.12. The van der Waals surface area contributed by atoms with Crippen LogP contribution in [0.5, 0.6) is 0 Å². The lowest BCUT2D eigenvalue weighted by Gasteiger charge is -2.06. The van der Waals surface area contributed by atoms with Crippen LogP contribution in [0.4, 0.5) is 5.82 Å². The zero-order chi connectivity index (χ0) is 13.6. The number of nitrogens with zero attached hydrogens (tertiary/aromatic N) is 3. The van der Waals surface area contributed by atoms with E-state index in [0.29, 0.717) is 5.65 Å². The Morgan fingerprint density at radius 2 is 1.75 bits per heavy atom. The molecule has 1 N–H and O–H groups in total. The summed E-state index contributed by atoms with van der Waals surface area (Å²) in [6.45, 7) is 0.896. The largest absolute Gasteiger partial charge is 0.370 e. The van der Waals surface area contributed by atoms with Crippen molar-refractivity contribution in [3.05, 3.63) is 60.4 Å². The van der Waals surface area contributed by atoms with E-state index in [4.69, 9.17) is 0 Å². The van der Waals surface area contributed by atoms with Gasteiger partial charge in [0.05, 0.1) is 0 Å². The van der Waals surface area contributed by atoms with Crippen molar-refractivity contribution in [2.45, 2.75) is 12.8 Å². The molecule has 3 rings (SSSR count). The summed E-state index contributed by atoms with van der Waals surface area (Å²) < 4.78 is 0. The van der Waals surface area contributed by atoms with Crippen molar-refractivity contribution in [2.75, 3.05) is 11.9 Å². The Bertz CT molecular complexity index is 682. The third-order valence-electron chi connectivity index (χ3n) is 3.12. The fraction of sp³-hybridized carbons (Fsp3) is 0.188. The molecule has 0 aliphatic heterocycles. The van der Waals surface area contributed by atoms with Gasteiger partial charge in [-0.1, -0.05) is 30.3 Å². The van der Waals surface area contributed by atoms with Crippen LogP contribution in [0.2, 0.25) is 0 Å². The van der Waals surface area contributed by atoms with E-state index in [1.807, 2.05) is 18.2 Å². The van der Waals surface area contributed by atoms with E-state index in [1.165, 1.54) is 5.56 Å². The lowest BCUT2D eigenvalue weighted by atomic mass is 10.1. The molecule has 0 amide bonds. The van der Waals surface area contributed by atoms with Gasteiger partial charge in [0.1, 0.15) is 11.3 Å². The predicted octanol–water partition coefficient (Wildman–Crippen LogP) is 3.07. The van der Waals surface area contributed by atoms with Gasteiger partial charge < -0.3 is 5.32 Å². The van der Waals surface area contributed by atoms with E-state index in [0.717, 1.165) is 30.7 Å². The number of hydrogen-bond acceptors (Lipinski definition) is 4. The Kier molecular flexibility index (Phi) is 3.83. The molecule has 0 bridgehead atoms. The number of aromatic nitrogens is 3. The number of hydrogen-bond donors (Lipinski definition) is 1. The van der Waals surface area contributed by atoms with E-state index in [-0.39, 0.29) is 0 Å². The van der Waals surface area contributed by atoms with Crippen LogP contribution in [0.1, 0.15) is 12.0 Å². The summed E-state index contributed by atoms with van der Waals surface area (Å²) in [6.07, 6.45) is 5.48. The van der Waals surface area contributed by atoms with Gasteiger partial charge in [0.2, 0.25) is 0 Å². The highest BCUT2D eigenvalue weighted by Crippen LogP contribution is 2.10. The summed E-state index contributed by atoms with van der Waals surface area (Å²) in [6, 6.07) is 14.4. The minimum atomic E-state index is 0.681. The SMILES string of the molecule is c1ccc(CCCNc2ccc3nccnc3n2)cc1. The zero-order valence-electron chi connectivity index (χ0n) is 11.2. The average molecular weight is 264 g/mol. The maximum atomic E-state index is 4.44. The first-order valence-corrected chi connectivity index (χ1v) is 6.77. The van der Waals surface area contributed by atoms with Gasteiger partial charge in [0, 0.05) is 18.9 Å². The maximum Gasteiger partial charge on any atom is 0.180 e. The van der Waals surface area contributed by atoms with Crippen LogP contribution in [0.15, 0.2) is 54.9 Å². The first-order chi connectivity index (χ1) is 9.92. The van der Waals surface area contributed by atoms with Gasteiger partial charge in [0.25, 0.3) is 0 Å². The molecule has 2 heterocycles. The van der Waals surface area contributed by atoms with Crippen molar-refractivity contribution in [1.29, 1.82) is 0 Å². The molecule has 0 saturated heterocycles. The van der Waals surface area contributed by atoms with Gasteiger partial charge in [-0.15, -0.1) is 0 Å². The summed E-state index contributed by atoms with van der Waals surface area (Å²) in [7, 11) is 0. The molecule has 20 heavy (non-hydrogen) atoms. The van der Waals surface area contributed by atoms with Crippen LogP contribution >= 0.6 is 0 Å². The number of nitrogens with one attached hydrogen (secondary N) is 1. The number of benzene rings is 1. The summed E-state index contributed by atoms with van der Waals surface area (Å²) >= 11 is 0. The molecule has 4 heteroatoms. The lowest BCUT2D eigenvalue weighted by molar-refractivity contribution is 0.859. The molecular weight excluding hydrogens is 248 g/mol. The maximum absolute atomic E-state index is 4.44. The van der Waals surface area contributed by atoms with E-state index in [1.54, 1.807) is 12.4 Å². The molecule has 0 aliphatic carbocycles. The molecule has 100 valence electrons. The van der Waals surface area contributed by atoms with Gasteiger partial charge in [-0.05, 0) is 30.5 Å².